The van der Waals surface area contributed by atoms with Crippen molar-refractivity contribution in [3.05, 3.63) is 78.3 Å². The topological polar surface area (TPSA) is 68.0 Å². The van der Waals surface area contributed by atoms with Gasteiger partial charge in [-0.1, -0.05) is 30.3 Å². The summed E-state index contributed by atoms with van der Waals surface area (Å²) in [4.78, 5) is 21.0. The molecule has 0 bridgehead atoms. The van der Waals surface area contributed by atoms with E-state index in [4.69, 9.17) is 4.42 Å². The maximum atomic E-state index is 12.2. The van der Waals surface area contributed by atoms with Crippen molar-refractivity contribution in [3.63, 3.8) is 0 Å². The highest BCUT2D eigenvalue weighted by molar-refractivity contribution is 5.92. The Morgan fingerprint density at radius 3 is 2.73 bits per heavy atom. The van der Waals surface area contributed by atoms with Crippen LogP contribution in [0.3, 0.4) is 0 Å². The predicted octanol–water partition coefficient (Wildman–Crippen LogP) is 4.27. The maximum absolute atomic E-state index is 12.2. The molecule has 0 fully saturated rings. The molecule has 5 heteroatoms. The Balaban J connectivity index is 1.45. The van der Waals surface area contributed by atoms with Crippen molar-refractivity contribution in [1.82, 2.24) is 15.3 Å². The number of hydrogen-bond acceptors (Lipinski definition) is 4. The predicted molar refractivity (Wildman–Crippen MR) is 101 cm³/mol. The van der Waals surface area contributed by atoms with E-state index >= 15 is 0 Å². The third-order valence-corrected chi connectivity index (χ3v) is 4.10. The van der Waals surface area contributed by atoms with E-state index in [0.717, 1.165) is 27.8 Å². The van der Waals surface area contributed by atoms with Gasteiger partial charge in [-0.05, 0) is 37.3 Å². The summed E-state index contributed by atoms with van der Waals surface area (Å²) in [5.41, 5.74) is 3.07. The smallest absolute Gasteiger partial charge is 0.244 e. The molecule has 0 spiro atoms. The summed E-state index contributed by atoms with van der Waals surface area (Å²) < 4.78 is 5.78. The molecule has 1 amide bonds. The molecule has 0 aliphatic carbocycles. The number of nitrogens with one attached hydrogen (secondary N) is 1. The van der Waals surface area contributed by atoms with Crippen molar-refractivity contribution in [1.29, 1.82) is 0 Å². The fraction of sp³-hybridized carbons (Fsp3) is 0.0952. The number of aromatic nitrogens is 2. The molecule has 5 nitrogen and oxygen atoms in total. The molecule has 128 valence electrons. The lowest BCUT2D eigenvalue weighted by Gasteiger charge is -2.09. The number of amides is 1. The number of carbonyl (C=O) groups is 1. The molecule has 2 aromatic heterocycles. The van der Waals surface area contributed by atoms with Crippen LogP contribution >= 0.6 is 0 Å². The first-order chi connectivity index (χ1) is 12.7. The largest absolute Gasteiger partial charge is 0.459 e. The third kappa shape index (κ3) is 3.32. The lowest BCUT2D eigenvalue weighted by atomic mass is 10.2. The number of nitrogens with zero attached hydrogens (tertiary/aromatic N) is 2. The quantitative estimate of drug-likeness (QED) is 0.562. The van der Waals surface area contributed by atoms with Crippen LogP contribution in [-0.2, 0) is 4.79 Å². The van der Waals surface area contributed by atoms with E-state index in [1.165, 1.54) is 6.08 Å². The number of carbonyl (C=O) groups excluding carboxylic acids is 1. The monoisotopic (exact) mass is 343 g/mol. The van der Waals surface area contributed by atoms with Gasteiger partial charge in [-0.25, -0.2) is 4.98 Å². The summed E-state index contributed by atoms with van der Waals surface area (Å²) in [5, 5.41) is 3.92. The van der Waals surface area contributed by atoms with Crippen LogP contribution in [-0.4, -0.2) is 15.9 Å². The van der Waals surface area contributed by atoms with Crippen LogP contribution in [0.5, 0.6) is 0 Å². The summed E-state index contributed by atoms with van der Waals surface area (Å²) in [6.07, 6.45) is 4.76. The summed E-state index contributed by atoms with van der Waals surface area (Å²) in [6, 6.07) is 17.1. The van der Waals surface area contributed by atoms with Crippen LogP contribution in [0.1, 0.15) is 24.4 Å². The molecule has 0 aliphatic rings. The molecule has 0 saturated carbocycles. The molecular formula is C21H17N3O2. The Bertz CT molecular complexity index is 1080. The van der Waals surface area contributed by atoms with E-state index in [1.54, 1.807) is 12.3 Å². The summed E-state index contributed by atoms with van der Waals surface area (Å²) in [6.45, 7) is 1.89. The fourth-order valence-corrected chi connectivity index (χ4v) is 2.76. The average molecular weight is 343 g/mol. The van der Waals surface area contributed by atoms with Gasteiger partial charge < -0.3 is 9.73 Å². The molecule has 4 aromatic rings. The second kappa shape index (κ2) is 6.80. The minimum atomic E-state index is -0.234. The second-order valence-electron chi connectivity index (χ2n) is 6.03. The Hall–Kier alpha value is -3.47. The lowest BCUT2D eigenvalue weighted by molar-refractivity contribution is -0.117. The van der Waals surface area contributed by atoms with Gasteiger partial charge in [0.05, 0.1) is 29.0 Å². The van der Waals surface area contributed by atoms with Gasteiger partial charge in [0.25, 0.3) is 0 Å². The van der Waals surface area contributed by atoms with E-state index in [1.807, 2.05) is 61.5 Å². The number of para-hydroxylation sites is 3. The lowest BCUT2D eigenvalue weighted by Crippen LogP contribution is -2.24. The van der Waals surface area contributed by atoms with Crippen molar-refractivity contribution in [2.45, 2.75) is 13.0 Å². The van der Waals surface area contributed by atoms with Gasteiger partial charge >= 0.3 is 0 Å². The Morgan fingerprint density at radius 2 is 1.88 bits per heavy atom. The zero-order valence-electron chi connectivity index (χ0n) is 14.2. The third-order valence-electron chi connectivity index (χ3n) is 4.10. The summed E-state index contributed by atoms with van der Waals surface area (Å²) in [5.74, 6) is 0.506. The Kier molecular flexibility index (Phi) is 4.19. The van der Waals surface area contributed by atoms with E-state index < -0.39 is 0 Å². The van der Waals surface area contributed by atoms with Crippen molar-refractivity contribution in [2.75, 3.05) is 0 Å². The number of furan rings is 1. The van der Waals surface area contributed by atoms with Crippen molar-refractivity contribution in [2.24, 2.45) is 0 Å². The summed E-state index contributed by atoms with van der Waals surface area (Å²) in [7, 11) is 0. The number of fused-ring (bicyclic) bond motifs is 2. The molecule has 0 aliphatic heterocycles. The first kappa shape index (κ1) is 16.0. The fourth-order valence-electron chi connectivity index (χ4n) is 2.76. The van der Waals surface area contributed by atoms with E-state index in [9.17, 15) is 4.79 Å². The highest BCUT2D eigenvalue weighted by Gasteiger charge is 2.12. The molecule has 1 N–H and O–H groups in total. The molecule has 0 saturated heterocycles. The minimum Gasteiger partial charge on any atom is -0.459 e. The normalized spacial score (nSPS) is 12.7. The van der Waals surface area contributed by atoms with Gasteiger partial charge in [-0.3, -0.25) is 9.78 Å². The second-order valence-corrected chi connectivity index (χ2v) is 6.03. The van der Waals surface area contributed by atoms with Gasteiger partial charge in [-0.2, -0.15) is 0 Å². The molecule has 0 radical (unpaired) electrons. The minimum absolute atomic E-state index is 0.215. The van der Waals surface area contributed by atoms with Crippen LogP contribution in [0.25, 0.3) is 28.1 Å². The SMILES string of the molecule is CC(NC(=O)/C=C/c1cnc2ccccc2n1)c1cc2ccccc2o1. The summed E-state index contributed by atoms with van der Waals surface area (Å²) >= 11 is 0. The van der Waals surface area contributed by atoms with Crippen LogP contribution in [0.4, 0.5) is 0 Å². The van der Waals surface area contributed by atoms with Crippen molar-refractivity contribution in [3.8, 4) is 0 Å². The van der Waals surface area contributed by atoms with Crippen molar-refractivity contribution < 1.29 is 9.21 Å². The van der Waals surface area contributed by atoms with Gasteiger partial charge in [0.15, 0.2) is 0 Å². The van der Waals surface area contributed by atoms with Gasteiger partial charge in [0, 0.05) is 11.5 Å². The zero-order valence-corrected chi connectivity index (χ0v) is 14.2. The standard InChI is InChI=1S/C21H17N3O2/c1-14(20-12-15-6-2-5-9-19(15)26-20)23-21(25)11-10-16-13-22-17-7-3-4-8-18(17)24-16/h2-14H,1H3,(H,23,25)/b11-10+. The average Bonchev–Trinajstić information content (AvgIpc) is 3.10. The van der Waals surface area contributed by atoms with Gasteiger partial charge in [0.1, 0.15) is 11.3 Å². The van der Waals surface area contributed by atoms with Gasteiger partial charge in [0.2, 0.25) is 5.91 Å². The highest BCUT2D eigenvalue weighted by atomic mass is 16.3. The maximum Gasteiger partial charge on any atom is 0.244 e. The first-order valence-corrected chi connectivity index (χ1v) is 8.38. The van der Waals surface area contributed by atoms with E-state index in [-0.39, 0.29) is 11.9 Å². The molecular weight excluding hydrogens is 326 g/mol. The van der Waals surface area contributed by atoms with Crippen LogP contribution < -0.4 is 5.32 Å². The van der Waals surface area contributed by atoms with Crippen LogP contribution in [0, 0.1) is 0 Å². The van der Waals surface area contributed by atoms with Crippen molar-refractivity contribution >= 4 is 34.0 Å². The Labute approximate surface area is 150 Å². The highest BCUT2D eigenvalue weighted by Crippen LogP contribution is 2.23. The molecule has 1 unspecified atom stereocenters. The Morgan fingerprint density at radius 1 is 1.12 bits per heavy atom. The first-order valence-electron chi connectivity index (χ1n) is 8.38. The van der Waals surface area contributed by atoms with Crippen LogP contribution in [0.2, 0.25) is 0 Å². The van der Waals surface area contributed by atoms with E-state index in [0.29, 0.717) is 5.69 Å². The van der Waals surface area contributed by atoms with Gasteiger partial charge in [-0.15, -0.1) is 0 Å². The molecule has 4 rings (SSSR count). The van der Waals surface area contributed by atoms with Crippen LogP contribution in [0.15, 0.2) is 71.3 Å². The number of rotatable bonds is 4. The molecule has 26 heavy (non-hydrogen) atoms. The molecule has 2 heterocycles. The number of hydrogen-bond donors (Lipinski definition) is 1. The molecule has 1 atom stereocenters. The molecule has 2 aromatic carbocycles. The zero-order chi connectivity index (χ0) is 17.9. The van der Waals surface area contributed by atoms with E-state index in [2.05, 4.69) is 15.3 Å². The number of benzene rings is 2.